The van der Waals surface area contributed by atoms with Gasteiger partial charge in [-0.1, -0.05) is 51.2 Å². The highest BCUT2D eigenvalue weighted by Crippen LogP contribution is 2.39. The molecule has 1 aliphatic rings. The molecule has 9 heteroatoms. The van der Waals surface area contributed by atoms with Crippen LogP contribution in [0.15, 0.2) is 53.1 Å². The number of anilines is 1. The zero-order chi connectivity index (χ0) is 19.0. The Labute approximate surface area is 158 Å². The Kier molecular flexibility index (Phi) is 4.54. The predicted molar refractivity (Wildman–Crippen MR) is 93.6 cm³/mol. The molecule has 0 bridgehead atoms. The number of aryl methyl sites for hydroxylation is 1. The molecule has 27 heavy (non-hydrogen) atoms. The van der Waals surface area contributed by atoms with Gasteiger partial charge in [0, 0.05) is 5.56 Å². The molecule has 0 spiro atoms. The van der Waals surface area contributed by atoms with Crippen LogP contribution in [-0.2, 0) is 14.7 Å². The van der Waals surface area contributed by atoms with E-state index in [0.717, 1.165) is 5.23 Å². The predicted octanol–water partition coefficient (Wildman–Crippen LogP) is 4.32. The number of halogens is 1. The van der Waals surface area contributed by atoms with Gasteiger partial charge in [0.1, 0.15) is 11.5 Å². The number of aromatic nitrogens is 1. The summed E-state index contributed by atoms with van der Waals surface area (Å²) in [5.41, 5.74) is 2.07. The normalized spacial score (nSPS) is 16.7. The Balaban J connectivity index is 1.64. The van der Waals surface area contributed by atoms with E-state index in [1.165, 1.54) is 12.1 Å². The molecule has 138 valence electrons. The fourth-order valence-electron chi connectivity index (χ4n) is 2.66. The van der Waals surface area contributed by atoms with Crippen molar-refractivity contribution in [2.45, 2.75) is 13.2 Å². The van der Waals surface area contributed by atoms with E-state index < -0.39 is 12.3 Å². The minimum absolute atomic E-state index is 0.0843. The quantitative estimate of drug-likeness (QED) is 0.660. The van der Waals surface area contributed by atoms with Crippen LogP contribution >= 0.6 is 11.6 Å². The summed E-state index contributed by atoms with van der Waals surface area (Å²) in [6.45, 7) is 1.71. The summed E-state index contributed by atoms with van der Waals surface area (Å²) in [5.74, 6) is -0.593. The van der Waals surface area contributed by atoms with Crippen LogP contribution in [0.5, 0.6) is 0 Å². The SMILES string of the molecule is Cc1onc(-c2ccccc2Cl)c1C1OON(c2cccc(C(=O)O)c2)O1. The number of hydrogen-bond acceptors (Lipinski definition) is 7. The van der Waals surface area contributed by atoms with Crippen molar-refractivity contribution in [1.29, 1.82) is 0 Å². The smallest absolute Gasteiger partial charge is 0.335 e. The van der Waals surface area contributed by atoms with Crippen LogP contribution in [-0.4, -0.2) is 16.2 Å². The van der Waals surface area contributed by atoms with E-state index >= 15 is 0 Å². The molecule has 1 fully saturated rings. The van der Waals surface area contributed by atoms with Crippen LogP contribution < -0.4 is 5.23 Å². The number of rotatable bonds is 4. The van der Waals surface area contributed by atoms with E-state index in [4.69, 9.17) is 35.9 Å². The average molecular weight is 389 g/mol. The van der Waals surface area contributed by atoms with Gasteiger partial charge in [0.15, 0.2) is 0 Å². The van der Waals surface area contributed by atoms with Gasteiger partial charge in [0.25, 0.3) is 6.29 Å². The second-order valence-corrected chi connectivity index (χ2v) is 6.11. The largest absolute Gasteiger partial charge is 0.478 e. The van der Waals surface area contributed by atoms with Crippen LogP contribution in [0.4, 0.5) is 5.69 Å². The summed E-state index contributed by atoms with van der Waals surface area (Å²) < 4.78 is 5.29. The minimum Gasteiger partial charge on any atom is -0.478 e. The highest BCUT2D eigenvalue weighted by atomic mass is 35.5. The Bertz CT molecular complexity index is 1010. The third kappa shape index (κ3) is 3.26. The molecule has 4 rings (SSSR count). The molecule has 1 N–H and O–H groups in total. The maximum Gasteiger partial charge on any atom is 0.335 e. The van der Waals surface area contributed by atoms with Gasteiger partial charge in [0.05, 0.1) is 21.8 Å². The number of hydrogen-bond donors (Lipinski definition) is 1. The Morgan fingerprint density at radius 2 is 2.04 bits per heavy atom. The minimum atomic E-state index is -1.07. The lowest BCUT2D eigenvalue weighted by Gasteiger charge is -2.12. The second-order valence-electron chi connectivity index (χ2n) is 5.70. The van der Waals surface area contributed by atoms with Crippen LogP contribution in [0.3, 0.4) is 0 Å². The van der Waals surface area contributed by atoms with E-state index in [1.807, 2.05) is 6.07 Å². The van der Waals surface area contributed by atoms with Crippen molar-refractivity contribution in [2.24, 2.45) is 0 Å². The van der Waals surface area contributed by atoms with Gasteiger partial charge < -0.3 is 9.63 Å². The van der Waals surface area contributed by atoms with Crippen molar-refractivity contribution >= 4 is 23.3 Å². The molecule has 1 aromatic heterocycles. The summed E-state index contributed by atoms with van der Waals surface area (Å²) in [5, 5.41) is 14.7. The first-order valence-corrected chi connectivity index (χ1v) is 8.27. The summed E-state index contributed by atoms with van der Waals surface area (Å²) in [6.07, 6.45) is -0.976. The lowest BCUT2D eigenvalue weighted by atomic mass is 10.1. The van der Waals surface area contributed by atoms with E-state index in [0.29, 0.717) is 33.3 Å². The fraction of sp³-hybridized carbons (Fsp3) is 0.111. The monoisotopic (exact) mass is 388 g/mol. The highest BCUT2D eigenvalue weighted by molar-refractivity contribution is 6.33. The summed E-state index contributed by atoms with van der Waals surface area (Å²) in [4.78, 5) is 27.2. The molecule has 0 saturated carbocycles. The second kappa shape index (κ2) is 7.01. The number of carbonyl (C=O) groups is 1. The number of aromatic carboxylic acids is 1. The Morgan fingerprint density at radius 3 is 2.81 bits per heavy atom. The van der Waals surface area contributed by atoms with Crippen molar-refractivity contribution in [2.75, 3.05) is 5.23 Å². The number of carboxylic acid groups (broad SMARTS) is 1. The van der Waals surface area contributed by atoms with E-state index in [9.17, 15) is 4.79 Å². The number of benzene rings is 2. The average Bonchev–Trinajstić information content (AvgIpc) is 3.29. The van der Waals surface area contributed by atoms with Crippen molar-refractivity contribution in [3.05, 3.63) is 70.4 Å². The first-order chi connectivity index (χ1) is 13.0. The molecule has 1 saturated heterocycles. The molecule has 1 atom stereocenters. The standard InChI is InChI=1S/C18H13ClN2O6/c1-10-15(16(20-24-10)13-7-2-3-8-14(13)19)18-25-21(27-26-18)12-6-4-5-11(9-12)17(22)23/h2-9,18H,1H3,(H,22,23). The summed E-state index contributed by atoms with van der Waals surface area (Å²) >= 11 is 6.26. The Hall–Kier alpha value is -2.91. The van der Waals surface area contributed by atoms with Crippen molar-refractivity contribution in [3.8, 4) is 11.3 Å². The van der Waals surface area contributed by atoms with E-state index in [-0.39, 0.29) is 5.56 Å². The van der Waals surface area contributed by atoms with Gasteiger partial charge >= 0.3 is 5.97 Å². The molecule has 2 aromatic carbocycles. The topological polar surface area (TPSA) is 94.3 Å². The van der Waals surface area contributed by atoms with Crippen LogP contribution in [0, 0.1) is 6.92 Å². The highest BCUT2D eigenvalue weighted by Gasteiger charge is 2.35. The summed E-state index contributed by atoms with van der Waals surface area (Å²) in [7, 11) is 0. The van der Waals surface area contributed by atoms with Gasteiger partial charge in [-0.05, 0) is 31.2 Å². The van der Waals surface area contributed by atoms with E-state index in [1.54, 1.807) is 37.3 Å². The molecule has 0 radical (unpaired) electrons. The lowest BCUT2D eigenvalue weighted by Crippen LogP contribution is -2.15. The van der Waals surface area contributed by atoms with Crippen molar-refractivity contribution in [1.82, 2.24) is 5.16 Å². The molecule has 3 aromatic rings. The molecule has 1 unspecified atom stereocenters. The first kappa shape index (κ1) is 17.5. The molecule has 2 heterocycles. The first-order valence-electron chi connectivity index (χ1n) is 7.89. The molecule has 1 aliphatic heterocycles. The van der Waals surface area contributed by atoms with Crippen molar-refractivity contribution < 1.29 is 29.1 Å². The third-order valence-electron chi connectivity index (χ3n) is 3.97. The van der Waals surface area contributed by atoms with Crippen LogP contribution in [0.2, 0.25) is 5.02 Å². The van der Waals surface area contributed by atoms with Gasteiger partial charge in [-0.15, -0.1) is 0 Å². The van der Waals surface area contributed by atoms with Gasteiger partial charge in [-0.3, -0.25) is 0 Å². The third-order valence-corrected chi connectivity index (χ3v) is 4.30. The summed E-state index contributed by atoms with van der Waals surface area (Å²) in [6, 6.07) is 13.2. The lowest BCUT2D eigenvalue weighted by molar-refractivity contribution is -0.286. The van der Waals surface area contributed by atoms with Gasteiger partial charge in [-0.2, -0.15) is 4.89 Å². The molecular weight excluding hydrogens is 376 g/mol. The van der Waals surface area contributed by atoms with Crippen LogP contribution in [0.25, 0.3) is 11.3 Å². The number of nitrogens with zero attached hydrogens (tertiary/aromatic N) is 2. The zero-order valence-corrected chi connectivity index (χ0v) is 14.7. The molecular formula is C18H13ClN2O6. The zero-order valence-electron chi connectivity index (χ0n) is 14.0. The Morgan fingerprint density at radius 1 is 1.22 bits per heavy atom. The fourth-order valence-corrected chi connectivity index (χ4v) is 2.89. The maximum absolute atomic E-state index is 11.1. The van der Waals surface area contributed by atoms with Gasteiger partial charge in [-0.25, -0.2) is 9.63 Å². The molecule has 8 nitrogen and oxygen atoms in total. The van der Waals surface area contributed by atoms with E-state index in [2.05, 4.69) is 5.16 Å². The molecule has 0 aliphatic carbocycles. The van der Waals surface area contributed by atoms with Crippen LogP contribution in [0.1, 0.15) is 28.0 Å². The number of carboxylic acids is 1. The molecule has 0 amide bonds. The van der Waals surface area contributed by atoms with Crippen molar-refractivity contribution in [3.63, 3.8) is 0 Å². The maximum atomic E-state index is 11.1. The van der Waals surface area contributed by atoms with Gasteiger partial charge in [0.2, 0.25) is 0 Å².